The van der Waals surface area contributed by atoms with Crippen molar-refractivity contribution in [1.29, 1.82) is 0 Å². The molecule has 0 radical (unpaired) electrons. The molecule has 0 atom stereocenters. The Morgan fingerprint density at radius 2 is 2.25 bits per heavy atom. The van der Waals surface area contributed by atoms with Crippen molar-refractivity contribution in [2.24, 2.45) is 0 Å². The number of hydrogen-bond donors (Lipinski definition) is 0. The normalized spacial score (nSPS) is 10.7. The summed E-state index contributed by atoms with van der Waals surface area (Å²) >= 11 is 6.69. The van der Waals surface area contributed by atoms with Gasteiger partial charge in [0.2, 0.25) is 0 Å². The second kappa shape index (κ2) is 4.55. The average Bonchev–Trinajstić information content (AvgIpc) is 2.57. The second-order valence-electron chi connectivity index (χ2n) is 3.05. The van der Waals surface area contributed by atoms with E-state index < -0.39 is 5.97 Å². The highest BCUT2D eigenvalue weighted by Crippen LogP contribution is 2.22. The number of carbonyl (C=O) groups is 1. The van der Waals surface area contributed by atoms with Crippen LogP contribution in [0.2, 0.25) is 0 Å². The van der Waals surface area contributed by atoms with Crippen LogP contribution in [0.4, 0.5) is 0 Å². The number of fused-ring (bicyclic) bond motifs is 1. The summed E-state index contributed by atoms with van der Waals surface area (Å²) in [6.07, 6.45) is 1.83. The summed E-state index contributed by atoms with van der Waals surface area (Å²) in [5, 5.41) is 0. The number of pyridine rings is 1. The molecule has 6 heteroatoms. The van der Waals surface area contributed by atoms with E-state index in [4.69, 9.17) is 4.74 Å². The van der Waals surface area contributed by atoms with Crippen LogP contribution < -0.4 is 0 Å². The maximum Gasteiger partial charge on any atom is 0.359 e. The molecule has 0 unspecified atom stereocenters. The Morgan fingerprint density at radius 3 is 2.94 bits per heavy atom. The number of carbonyl (C=O) groups excluding carboxylic acids is 1. The van der Waals surface area contributed by atoms with Gasteiger partial charge in [-0.1, -0.05) is 0 Å². The molecule has 2 aromatic heterocycles. The molecule has 0 fully saturated rings. The van der Waals surface area contributed by atoms with Gasteiger partial charge in [0.15, 0.2) is 5.69 Å². The van der Waals surface area contributed by atoms with Crippen LogP contribution in [0.3, 0.4) is 0 Å². The van der Waals surface area contributed by atoms with E-state index >= 15 is 0 Å². The third-order valence-corrected chi connectivity index (χ3v) is 3.22. The van der Waals surface area contributed by atoms with Crippen molar-refractivity contribution in [1.82, 2.24) is 9.38 Å². The van der Waals surface area contributed by atoms with E-state index in [-0.39, 0.29) is 0 Å². The minimum absolute atomic E-state index is 0.292. The Labute approximate surface area is 109 Å². The first-order valence-electron chi connectivity index (χ1n) is 4.63. The molecule has 0 saturated carbocycles. The lowest BCUT2D eigenvalue weighted by Crippen LogP contribution is -2.05. The Bertz CT molecular complexity index is 551. The number of ether oxygens (including phenoxy) is 1. The average molecular weight is 348 g/mol. The van der Waals surface area contributed by atoms with Crippen molar-refractivity contribution in [3.8, 4) is 0 Å². The fourth-order valence-electron chi connectivity index (χ4n) is 1.32. The quantitative estimate of drug-likeness (QED) is 0.784. The zero-order valence-electron chi connectivity index (χ0n) is 8.41. The molecule has 4 nitrogen and oxygen atoms in total. The maximum absolute atomic E-state index is 11.6. The third kappa shape index (κ3) is 1.99. The first-order chi connectivity index (χ1) is 7.63. The van der Waals surface area contributed by atoms with Crippen molar-refractivity contribution in [2.75, 3.05) is 6.61 Å². The Kier molecular flexibility index (Phi) is 3.30. The van der Waals surface area contributed by atoms with Crippen molar-refractivity contribution >= 4 is 43.5 Å². The van der Waals surface area contributed by atoms with E-state index in [1.165, 1.54) is 0 Å². The molecule has 2 aromatic rings. The number of nitrogens with zero attached hydrogens (tertiary/aromatic N) is 2. The Balaban J connectivity index is 2.56. The fourth-order valence-corrected chi connectivity index (χ4v) is 2.19. The van der Waals surface area contributed by atoms with Crippen molar-refractivity contribution < 1.29 is 9.53 Å². The van der Waals surface area contributed by atoms with Gasteiger partial charge in [-0.15, -0.1) is 0 Å². The van der Waals surface area contributed by atoms with Gasteiger partial charge in [-0.3, -0.25) is 4.40 Å². The summed E-state index contributed by atoms with van der Waals surface area (Å²) in [6, 6.07) is 3.68. The van der Waals surface area contributed by atoms with Crippen molar-refractivity contribution in [3.05, 3.63) is 33.1 Å². The van der Waals surface area contributed by atoms with Crippen LogP contribution in [0, 0.1) is 0 Å². The van der Waals surface area contributed by atoms with Crippen molar-refractivity contribution in [2.45, 2.75) is 6.92 Å². The van der Waals surface area contributed by atoms with Crippen LogP contribution in [0.5, 0.6) is 0 Å². The number of esters is 1. The number of halogens is 2. The predicted molar refractivity (Wildman–Crippen MR) is 66.5 cm³/mol. The van der Waals surface area contributed by atoms with Gasteiger partial charge in [0.05, 0.1) is 6.61 Å². The van der Waals surface area contributed by atoms with Crippen LogP contribution in [-0.2, 0) is 4.74 Å². The highest BCUT2D eigenvalue weighted by molar-refractivity contribution is 9.10. The zero-order valence-corrected chi connectivity index (χ0v) is 11.6. The minimum Gasteiger partial charge on any atom is -0.461 e. The van der Waals surface area contributed by atoms with E-state index in [0.29, 0.717) is 22.6 Å². The van der Waals surface area contributed by atoms with Gasteiger partial charge in [-0.25, -0.2) is 9.78 Å². The SMILES string of the molecule is CCOC(=O)c1nc2ccc(Br)cn2c1Br. The van der Waals surface area contributed by atoms with Gasteiger partial charge in [0.1, 0.15) is 10.3 Å². The van der Waals surface area contributed by atoms with Gasteiger partial charge in [0, 0.05) is 10.7 Å². The van der Waals surface area contributed by atoms with Crippen LogP contribution in [0.15, 0.2) is 27.4 Å². The summed E-state index contributed by atoms with van der Waals surface area (Å²) in [7, 11) is 0. The predicted octanol–water partition coefficient (Wildman–Crippen LogP) is 3.04. The molecule has 0 amide bonds. The van der Waals surface area contributed by atoms with Crippen LogP contribution in [0.25, 0.3) is 5.65 Å². The Morgan fingerprint density at radius 1 is 1.50 bits per heavy atom. The van der Waals surface area contributed by atoms with Gasteiger partial charge < -0.3 is 4.74 Å². The van der Waals surface area contributed by atoms with E-state index in [2.05, 4.69) is 36.8 Å². The van der Waals surface area contributed by atoms with E-state index in [1.54, 1.807) is 11.3 Å². The topological polar surface area (TPSA) is 43.6 Å². The standard InChI is InChI=1S/C10H8Br2N2O2/c1-2-16-10(15)8-9(12)14-5-6(11)3-4-7(14)13-8/h3-5H,2H2,1H3. The second-order valence-corrected chi connectivity index (χ2v) is 4.71. The lowest BCUT2D eigenvalue weighted by Gasteiger charge is -1.98. The summed E-state index contributed by atoms with van der Waals surface area (Å²) in [5.74, 6) is -0.422. The fraction of sp³-hybridized carbons (Fsp3) is 0.200. The molecule has 84 valence electrons. The summed E-state index contributed by atoms with van der Waals surface area (Å²) in [5.41, 5.74) is 0.984. The first-order valence-corrected chi connectivity index (χ1v) is 6.22. The van der Waals surface area contributed by atoms with E-state index in [1.807, 2.05) is 18.3 Å². The van der Waals surface area contributed by atoms with E-state index in [0.717, 1.165) is 4.47 Å². The molecule has 0 aromatic carbocycles. The smallest absolute Gasteiger partial charge is 0.359 e. The Hall–Kier alpha value is -0.880. The molecule has 2 heterocycles. The summed E-state index contributed by atoms with van der Waals surface area (Å²) in [6.45, 7) is 2.10. The highest BCUT2D eigenvalue weighted by Gasteiger charge is 2.17. The minimum atomic E-state index is -0.422. The highest BCUT2D eigenvalue weighted by atomic mass is 79.9. The molecule has 0 spiro atoms. The molecule has 0 saturated heterocycles. The lowest BCUT2D eigenvalue weighted by atomic mass is 10.5. The van der Waals surface area contributed by atoms with Crippen LogP contribution in [0.1, 0.15) is 17.4 Å². The molecular formula is C10H8Br2N2O2. The number of imidazole rings is 1. The number of aromatic nitrogens is 2. The van der Waals surface area contributed by atoms with Gasteiger partial charge in [-0.05, 0) is 50.9 Å². The molecule has 2 rings (SSSR count). The lowest BCUT2D eigenvalue weighted by molar-refractivity contribution is 0.0519. The molecule has 0 aliphatic carbocycles. The largest absolute Gasteiger partial charge is 0.461 e. The number of hydrogen-bond acceptors (Lipinski definition) is 3. The molecule has 0 aliphatic rings. The molecule has 0 aliphatic heterocycles. The third-order valence-electron chi connectivity index (χ3n) is 1.99. The molecule has 0 N–H and O–H groups in total. The molecule has 0 bridgehead atoms. The van der Waals surface area contributed by atoms with Crippen LogP contribution in [-0.4, -0.2) is 22.0 Å². The maximum atomic E-state index is 11.6. The van der Waals surface area contributed by atoms with E-state index in [9.17, 15) is 4.79 Å². The zero-order chi connectivity index (χ0) is 11.7. The molecule has 16 heavy (non-hydrogen) atoms. The van der Waals surface area contributed by atoms with Crippen molar-refractivity contribution in [3.63, 3.8) is 0 Å². The summed E-state index contributed by atoms with van der Waals surface area (Å²) in [4.78, 5) is 15.8. The van der Waals surface area contributed by atoms with Crippen LogP contribution >= 0.6 is 31.9 Å². The molecular weight excluding hydrogens is 340 g/mol. The number of rotatable bonds is 2. The van der Waals surface area contributed by atoms with Gasteiger partial charge in [0.25, 0.3) is 0 Å². The van der Waals surface area contributed by atoms with Gasteiger partial charge >= 0.3 is 5.97 Å². The summed E-state index contributed by atoms with van der Waals surface area (Å²) < 4.78 is 8.20. The first kappa shape index (κ1) is 11.6. The van der Waals surface area contributed by atoms with Gasteiger partial charge in [-0.2, -0.15) is 0 Å². The monoisotopic (exact) mass is 346 g/mol.